The van der Waals surface area contributed by atoms with Crippen LogP contribution in [0, 0.1) is 6.92 Å². The van der Waals surface area contributed by atoms with E-state index in [0.717, 1.165) is 5.69 Å². The smallest absolute Gasteiger partial charge is 0.263 e. The minimum Gasteiger partial charge on any atom is -0.345 e. The molecule has 0 atom stereocenters. The number of halogens is 2. The van der Waals surface area contributed by atoms with Crippen molar-refractivity contribution < 1.29 is 4.79 Å². The standard InChI is InChI=1S/C9H15N3OS.2ClH/c1-6-7(14-5-11-6)8(13)12-9(2,3)4-10;;/h5H,4,10H2,1-3H3,(H,12,13);2*1H. The van der Waals surface area contributed by atoms with Crippen LogP contribution in [0.15, 0.2) is 5.51 Å². The van der Waals surface area contributed by atoms with Gasteiger partial charge < -0.3 is 11.1 Å². The molecule has 0 aliphatic rings. The van der Waals surface area contributed by atoms with Gasteiger partial charge in [0, 0.05) is 12.1 Å². The van der Waals surface area contributed by atoms with E-state index in [9.17, 15) is 4.79 Å². The predicted octanol–water partition coefficient (Wildman–Crippen LogP) is 1.76. The summed E-state index contributed by atoms with van der Waals surface area (Å²) in [6.45, 7) is 6.01. The molecule has 1 amide bonds. The van der Waals surface area contributed by atoms with E-state index in [-0.39, 0.29) is 36.3 Å². The highest BCUT2D eigenvalue weighted by molar-refractivity contribution is 7.11. The molecule has 0 bridgehead atoms. The van der Waals surface area contributed by atoms with Crippen LogP contribution in [-0.2, 0) is 0 Å². The van der Waals surface area contributed by atoms with Gasteiger partial charge in [0.2, 0.25) is 0 Å². The van der Waals surface area contributed by atoms with Crippen molar-refractivity contribution in [3.8, 4) is 0 Å². The molecule has 3 N–H and O–H groups in total. The molecule has 0 aromatic carbocycles. The molecule has 4 nitrogen and oxygen atoms in total. The number of aromatic nitrogens is 1. The summed E-state index contributed by atoms with van der Waals surface area (Å²) < 4.78 is 0. The second-order valence-electron chi connectivity index (χ2n) is 3.81. The SMILES string of the molecule is Cc1ncsc1C(=O)NC(C)(C)CN.Cl.Cl. The number of nitrogens with one attached hydrogen (secondary N) is 1. The van der Waals surface area contributed by atoms with Gasteiger partial charge in [-0.15, -0.1) is 36.2 Å². The van der Waals surface area contributed by atoms with Crippen molar-refractivity contribution in [1.82, 2.24) is 10.3 Å². The molecule has 0 aliphatic carbocycles. The van der Waals surface area contributed by atoms with Gasteiger partial charge in [-0.25, -0.2) is 4.98 Å². The van der Waals surface area contributed by atoms with Crippen LogP contribution in [0.2, 0.25) is 0 Å². The van der Waals surface area contributed by atoms with Gasteiger partial charge in [-0.05, 0) is 20.8 Å². The number of nitrogens with two attached hydrogens (primary N) is 1. The molecular formula is C9H17Cl2N3OS. The van der Waals surface area contributed by atoms with Gasteiger partial charge in [-0.2, -0.15) is 0 Å². The highest BCUT2D eigenvalue weighted by Crippen LogP contribution is 2.13. The zero-order valence-electron chi connectivity index (χ0n) is 9.44. The molecule has 7 heteroatoms. The molecule has 1 aromatic heterocycles. The maximum absolute atomic E-state index is 11.7. The molecule has 16 heavy (non-hydrogen) atoms. The van der Waals surface area contributed by atoms with Crippen LogP contribution in [0.5, 0.6) is 0 Å². The van der Waals surface area contributed by atoms with Crippen LogP contribution in [0.25, 0.3) is 0 Å². The topological polar surface area (TPSA) is 68.0 Å². The average Bonchev–Trinajstić information content (AvgIpc) is 2.51. The van der Waals surface area contributed by atoms with Gasteiger partial charge in [0.1, 0.15) is 4.88 Å². The van der Waals surface area contributed by atoms with E-state index >= 15 is 0 Å². The zero-order valence-corrected chi connectivity index (χ0v) is 11.9. The van der Waals surface area contributed by atoms with Gasteiger partial charge in [-0.3, -0.25) is 4.79 Å². The number of aryl methyl sites for hydroxylation is 1. The summed E-state index contributed by atoms with van der Waals surface area (Å²) >= 11 is 1.34. The predicted molar refractivity (Wildman–Crippen MR) is 71.9 cm³/mol. The summed E-state index contributed by atoms with van der Waals surface area (Å²) in [6, 6.07) is 0. The lowest BCUT2D eigenvalue weighted by molar-refractivity contribution is 0.0919. The van der Waals surface area contributed by atoms with Crippen molar-refractivity contribution in [3.05, 3.63) is 16.1 Å². The quantitative estimate of drug-likeness (QED) is 0.889. The summed E-state index contributed by atoms with van der Waals surface area (Å²) in [5, 5.41) is 2.86. The number of thiazole rings is 1. The van der Waals surface area contributed by atoms with Crippen LogP contribution < -0.4 is 11.1 Å². The monoisotopic (exact) mass is 285 g/mol. The molecule has 0 saturated carbocycles. The normalized spacial score (nSPS) is 10.0. The van der Waals surface area contributed by atoms with E-state index < -0.39 is 0 Å². The first-order valence-corrected chi connectivity index (χ1v) is 5.27. The Morgan fingerprint density at radius 3 is 2.50 bits per heavy atom. The number of hydrogen-bond acceptors (Lipinski definition) is 4. The highest BCUT2D eigenvalue weighted by atomic mass is 35.5. The van der Waals surface area contributed by atoms with E-state index in [1.807, 2.05) is 20.8 Å². The second kappa shape index (κ2) is 7.06. The Kier molecular flexibility index (Phi) is 7.95. The van der Waals surface area contributed by atoms with Crippen LogP contribution in [0.3, 0.4) is 0 Å². The van der Waals surface area contributed by atoms with Gasteiger partial charge in [0.15, 0.2) is 0 Å². The average molecular weight is 286 g/mol. The van der Waals surface area contributed by atoms with E-state index in [2.05, 4.69) is 10.3 Å². The molecule has 1 rings (SSSR count). The molecule has 0 aliphatic heterocycles. The number of nitrogens with zero attached hydrogens (tertiary/aromatic N) is 1. The first-order valence-electron chi connectivity index (χ1n) is 4.39. The first-order chi connectivity index (χ1) is 6.46. The van der Waals surface area contributed by atoms with Gasteiger partial charge in [0.05, 0.1) is 11.2 Å². The molecule has 0 fully saturated rings. The van der Waals surface area contributed by atoms with Crippen molar-refractivity contribution in [2.24, 2.45) is 5.73 Å². The lowest BCUT2D eigenvalue weighted by atomic mass is 10.1. The fourth-order valence-electron chi connectivity index (χ4n) is 0.935. The van der Waals surface area contributed by atoms with Gasteiger partial charge >= 0.3 is 0 Å². The lowest BCUT2D eigenvalue weighted by Gasteiger charge is -2.23. The molecular weight excluding hydrogens is 269 g/mol. The lowest BCUT2D eigenvalue weighted by Crippen LogP contribution is -2.48. The van der Waals surface area contributed by atoms with E-state index in [4.69, 9.17) is 5.73 Å². The molecule has 0 saturated heterocycles. The molecule has 1 heterocycles. The Balaban J connectivity index is 0. The Bertz CT molecular complexity index is 341. The van der Waals surface area contributed by atoms with Crippen molar-refractivity contribution in [2.75, 3.05) is 6.54 Å². The highest BCUT2D eigenvalue weighted by Gasteiger charge is 2.21. The summed E-state index contributed by atoms with van der Waals surface area (Å²) in [5.41, 5.74) is 7.58. The van der Waals surface area contributed by atoms with E-state index in [1.165, 1.54) is 11.3 Å². The Hall–Kier alpha value is -0.360. The Morgan fingerprint density at radius 1 is 1.56 bits per heavy atom. The number of carbonyl (C=O) groups excluding carboxylic acids is 1. The first kappa shape index (κ1) is 18.0. The van der Waals surface area contributed by atoms with Gasteiger partial charge in [0.25, 0.3) is 5.91 Å². The number of hydrogen-bond donors (Lipinski definition) is 2. The van der Waals surface area contributed by atoms with Crippen LogP contribution in [-0.4, -0.2) is 23.0 Å². The van der Waals surface area contributed by atoms with Crippen LogP contribution >= 0.6 is 36.2 Å². The third-order valence-electron chi connectivity index (χ3n) is 1.91. The van der Waals surface area contributed by atoms with Crippen LogP contribution in [0.1, 0.15) is 29.2 Å². The third-order valence-corrected chi connectivity index (χ3v) is 2.84. The molecule has 0 unspecified atom stereocenters. The van der Waals surface area contributed by atoms with Crippen molar-refractivity contribution in [1.29, 1.82) is 0 Å². The molecule has 1 aromatic rings. The minimum absolute atomic E-state index is 0. The summed E-state index contributed by atoms with van der Waals surface area (Å²) in [6.07, 6.45) is 0. The van der Waals surface area contributed by atoms with Crippen LogP contribution in [0.4, 0.5) is 0 Å². The largest absolute Gasteiger partial charge is 0.345 e. The van der Waals surface area contributed by atoms with Crippen molar-refractivity contribution in [2.45, 2.75) is 26.3 Å². The summed E-state index contributed by atoms with van der Waals surface area (Å²) in [7, 11) is 0. The Morgan fingerprint density at radius 2 is 2.12 bits per heavy atom. The number of amides is 1. The molecule has 0 radical (unpaired) electrons. The minimum atomic E-state index is -0.368. The molecule has 94 valence electrons. The number of carbonyl (C=O) groups is 1. The summed E-state index contributed by atoms with van der Waals surface area (Å²) in [5.74, 6) is -0.0968. The van der Waals surface area contributed by atoms with E-state index in [0.29, 0.717) is 11.4 Å². The van der Waals surface area contributed by atoms with Crippen molar-refractivity contribution in [3.63, 3.8) is 0 Å². The van der Waals surface area contributed by atoms with Crippen molar-refractivity contribution >= 4 is 42.1 Å². The van der Waals surface area contributed by atoms with E-state index in [1.54, 1.807) is 5.51 Å². The third kappa shape index (κ3) is 4.65. The maximum atomic E-state index is 11.7. The summed E-state index contributed by atoms with van der Waals surface area (Å²) in [4.78, 5) is 16.4. The fraction of sp³-hybridized carbons (Fsp3) is 0.556. The Labute approximate surface area is 112 Å². The number of rotatable bonds is 3. The van der Waals surface area contributed by atoms with Gasteiger partial charge in [-0.1, -0.05) is 0 Å². The fourth-order valence-corrected chi connectivity index (χ4v) is 1.63. The molecule has 0 spiro atoms. The maximum Gasteiger partial charge on any atom is 0.263 e. The second-order valence-corrected chi connectivity index (χ2v) is 4.66. The zero-order chi connectivity index (χ0) is 10.8.